The Morgan fingerprint density at radius 1 is 1.53 bits per heavy atom. The van der Waals surface area contributed by atoms with Gasteiger partial charge in [-0.1, -0.05) is 0 Å². The zero-order chi connectivity index (χ0) is 14.3. The number of aliphatic carboxylic acids is 1. The minimum atomic E-state index is -1.10. The summed E-state index contributed by atoms with van der Waals surface area (Å²) < 4.78 is 5.06. The third-order valence-corrected chi connectivity index (χ3v) is 3.00. The van der Waals surface area contributed by atoms with Crippen molar-refractivity contribution >= 4 is 17.7 Å². The van der Waals surface area contributed by atoms with E-state index in [1.807, 2.05) is 0 Å². The van der Waals surface area contributed by atoms with Crippen molar-refractivity contribution in [1.29, 1.82) is 0 Å². The Hall–Kier alpha value is -1.47. The Kier molecular flexibility index (Phi) is 6.44. The molecule has 1 aliphatic carbocycles. The molecule has 0 heterocycles. The monoisotopic (exact) mass is 272 g/mol. The van der Waals surface area contributed by atoms with Gasteiger partial charge in [0.1, 0.15) is 11.8 Å². The third kappa shape index (κ3) is 5.35. The van der Waals surface area contributed by atoms with Gasteiger partial charge in [-0.05, 0) is 19.3 Å². The summed E-state index contributed by atoms with van der Waals surface area (Å²) in [5.74, 6) is -1.79. The maximum absolute atomic E-state index is 11.6. The van der Waals surface area contributed by atoms with E-state index in [4.69, 9.17) is 15.6 Å². The first-order chi connectivity index (χ1) is 9.02. The Bertz CT molecular complexity index is 345. The average Bonchev–Trinajstić information content (AvgIpc) is 2.79. The van der Waals surface area contributed by atoms with Crippen LogP contribution in [0, 0.1) is 5.92 Å². The number of rotatable bonds is 8. The zero-order valence-electron chi connectivity index (χ0n) is 10.8. The van der Waals surface area contributed by atoms with Gasteiger partial charge in [0.25, 0.3) is 0 Å². The number of hydrogen-bond acceptors (Lipinski definition) is 5. The molecule has 19 heavy (non-hydrogen) atoms. The zero-order valence-corrected chi connectivity index (χ0v) is 10.8. The topological polar surface area (TPSA) is 119 Å². The molecular formula is C12H20N2O5. The fourth-order valence-electron chi connectivity index (χ4n) is 1.88. The molecule has 0 saturated heterocycles. The fourth-order valence-corrected chi connectivity index (χ4v) is 1.88. The molecule has 0 radical (unpaired) electrons. The Labute approximate surface area is 111 Å². The minimum absolute atomic E-state index is 0.0150. The lowest BCUT2D eigenvalue weighted by molar-refractivity contribution is -0.140. The molecule has 0 spiro atoms. The number of carbonyl (C=O) groups is 3. The van der Waals surface area contributed by atoms with Gasteiger partial charge in [-0.15, -0.1) is 0 Å². The lowest BCUT2D eigenvalue weighted by atomic mass is 10.1. The van der Waals surface area contributed by atoms with E-state index in [2.05, 4.69) is 5.32 Å². The average molecular weight is 272 g/mol. The van der Waals surface area contributed by atoms with Crippen molar-refractivity contribution in [3.8, 4) is 0 Å². The first kappa shape index (κ1) is 15.6. The van der Waals surface area contributed by atoms with E-state index >= 15 is 0 Å². The predicted molar refractivity (Wildman–Crippen MR) is 66.4 cm³/mol. The number of carboxylic acids is 1. The van der Waals surface area contributed by atoms with Crippen molar-refractivity contribution in [2.75, 3.05) is 19.8 Å². The Balaban J connectivity index is 2.03. The molecule has 0 aromatic heterocycles. The molecule has 4 N–H and O–H groups in total. The van der Waals surface area contributed by atoms with E-state index in [1.165, 1.54) is 0 Å². The summed E-state index contributed by atoms with van der Waals surface area (Å²) in [5.41, 5.74) is 5.25. The molecule has 1 fully saturated rings. The molecule has 1 saturated carbocycles. The van der Waals surface area contributed by atoms with Gasteiger partial charge in [0.15, 0.2) is 0 Å². The van der Waals surface area contributed by atoms with Gasteiger partial charge in [-0.3, -0.25) is 14.4 Å². The highest BCUT2D eigenvalue weighted by Crippen LogP contribution is 2.21. The van der Waals surface area contributed by atoms with Crippen molar-refractivity contribution in [1.82, 2.24) is 5.32 Å². The van der Waals surface area contributed by atoms with E-state index in [-0.39, 0.29) is 18.3 Å². The van der Waals surface area contributed by atoms with Gasteiger partial charge in [0.05, 0.1) is 12.5 Å². The van der Waals surface area contributed by atoms with Crippen molar-refractivity contribution in [2.24, 2.45) is 11.7 Å². The number of nitrogens with one attached hydrogen (secondary N) is 1. The Morgan fingerprint density at radius 2 is 2.26 bits per heavy atom. The standard InChI is InChI=1S/C12H20N2O5/c13-9(12(17)18)7-19-6-2-5-14-11(16)8-3-1-4-10(8)15/h8-9H,1-7,13H2,(H,14,16)(H,17,18)/t8-,9-/m0/s1. The number of ketones is 1. The van der Waals surface area contributed by atoms with Crippen molar-refractivity contribution in [3.05, 3.63) is 0 Å². The van der Waals surface area contributed by atoms with Crippen LogP contribution in [-0.4, -0.2) is 48.6 Å². The second kappa shape index (κ2) is 7.85. The summed E-state index contributed by atoms with van der Waals surface area (Å²) in [6, 6.07) is -1.02. The third-order valence-electron chi connectivity index (χ3n) is 3.00. The number of carboxylic acid groups (broad SMARTS) is 1. The largest absolute Gasteiger partial charge is 0.480 e. The van der Waals surface area contributed by atoms with Crippen LogP contribution in [0.15, 0.2) is 0 Å². The van der Waals surface area contributed by atoms with E-state index in [1.54, 1.807) is 0 Å². The second-order valence-corrected chi connectivity index (χ2v) is 4.58. The molecule has 7 nitrogen and oxygen atoms in total. The van der Waals surface area contributed by atoms with Gasteiger partial charge in [0.2, 0.25) is 5.91 Å². The molecule has 108 valence electrons. The van der Waals surface area contributed by atoms with E-state index in [0.717, 1.165) is 6.42 Å². The van der Waals surface area contributed by atoms with E-state index in [9.17, 15) is 14.4 Å². The van der Waals surface area contributed by atoms with Crippen LogP contribution in [0.3, 0.4) is 0 Å². The SMILES string of the molecule is N[C@@H](COCCCNC(=O)[C@H]1CCCC1=O)C(=O)O. The van der Waals surface area contributed by atoms with Crippen molar-refractivity contribution < 1.29 is 24.2 Å². The maximum Gasteiger partial charge on any atom is 0.322 e. The van der Waals surface area contributed by atoms with Crippen LogP contribution < -0.4 is 11.1 Å². The number of carbonyl (C=O) groups excluding carboxylic acids is 2. The highest BCUT2D eigenvalue weighted by Gasteiger charge is 2.30. The van der Waals surface area contributed by atoms with Crippen molar-refractivity contribution in [2.45, 2.75) is 31.7 Å². The number of amides is 1. The Morgan fingerprint density at radius 3 is 2.84 bits per heavy atom. The van der Waals surface area contributed by atoms with E-state index in [0.29, 0.717) is 32.4 Å². The van der Waals surface area contributed by atoms with Gasteiger partial charge in [-0.25, -0.2) is 0 Å². The van der Waals surface area contributed by atoms with Crippen LogP contribution in [0.4, 0.5) is 0 Å². The highest BCUT2D eigenvalue weighted by molar-refractivity contribution is 6.02. The predicted octanol–water partition coefficient (Wildman–Crippen LogP) is -0.710. The molecule has 1 aliphatic rings. The summed E-state index contributed by atoms with van der Waals surface area (Å²) in [6.45, 7) is 0.676. The molecule has 0 bridgehead atoms. The van der Waals surface area contributed by atoms with Crippen LogP contribution in [-0.2, 0) is 19.1 Å². The summed E-state index contributed by atoms with van der Waals surface area (Å²) in [7, 11) is 0. The summed E-state index contributed by atoms with van der Waals surface area (Å²) in [5, 5.41) is 11.2. The summed E-state index contributed by atoms with van der Waals surface area (Å²) in [6.07, 6.45) is 2.47. The summed E-state index contributed by atoms with van der Waals surface area (Å²) in [4.78, 5) is 33.3. The molecule has 1 amide bonds. The number of ether oxygens (including phenoxy) is 1. The smallest absolute Gasteiger partial charge is 0.322 e. The normalized spacial score (nSPS) is 20.3. The van der Waals surface area contributed by atoms with Crippen LogP contribution in [0.25, 0.3) is 0 Å². The van der Waals surface area contributed by atoms with Crippen LogP contribution in [0.2, 0.25) is 0 Å². The minimum Gasteiger partial charge on any atom is -0.480 e. The summed E-state index contributed by atoms with van der Waals surface area (Å²) >= 11 is 0. The fraction of sp³-hybridized carbons (Fsp3) is 0.750. The molecule has 0 aromatic carbocycles. The highest BCUT2D eigenvalue weighted by atomic mass is 16.5. The lowest BCUT2D eigenvalue weighted by Gasteiger charge is -2.10. The lowest BCUT2D eigenvalue weighted by Crippen LogP contribution is -2.36. The van der Waals surface area contributed by atoms with Crippen LogP contribution in [0.1, 0.15) is 25.7 Å². The number of nitrogens with two attached hydrogens (primary N) is 1. The van der Waals surface area contributed by atoms with Crippen LogP contribution >= 0.6 is 0 Å². The van der Waals surface area contributed by atoms with Gasteiger partial charge < -0.3 is 20.9 Å². The second-order valence-electron chi connectivity index (χ2n) is 4.58. The molecule has 1 rings (SSSR count). The maximum atomic E-state index is 11.6. The van der Waals surface area contributed by atoms with Gasteiger partial charge in [-0.2, -0.15) is 0 Å². The van der Waals surface area contributed by atoms with Crippen molar-refractivity contribution in [3.63, 3.8) is 0 Å². The van der Waals surface area contributed by atoms with E-state index < -0.39 is 17.9 Å². The number of hydrogen-bond donors (Lipinski definition) is 3. The van der Waals surface area contributed by atoms with Gasteiger partial charge in [0, 0.05) is 19.6 Å². The molecule has 7 heteroatoms. The number of Topliss-reactive ketones (excluding diaryl/α,β-unsaturated/α-hetero) is 1. The molecule has 0 unspecified atom stereocenters. The molecule has 0 aliphatic heterocycles. The quantitative estimate of drug-likeness (QED) is 0.397. The first-order valence-corrected chi connectivity index (χ1v) is 6.39. The molecule has 0 aromatic rings. The first-order valence-electron chi connectivity index (χ1n) is 6.39. The van der Waals surface area contributed by atoms with Crippen LogP contribution in [0.5, 0.6) is 0 Å². The van der Waals surface area contributed by atoms with Gasteiger partial charge >= 0.3 is 5.97 Å². The molecular weight excluding hydrogens is 252 g/mol. The molecule has 2 atom stereocenters.